The molecule has 0 aliphatic rings. The number of rotatable bonds is 6. The Balaban J connectivity index is -0.000000270. The van der Waals surface area contributed by atoms with Crippen LogP contribution in [0.2, 0.25) is 0 Å². The van der Waals surface area contributed by atoms with Gasteiger partial charge in [-0.05, 0) is 39.2 Å². The minimum Gasteiger partial charge on any atom is -0.366 e. The highest BCUT2D eigenvalue weighted by Crippen LogP contribution is 1.80. The van der Waals surface area contributed by atoms with Crippen LogP contribution in [0.5, 0.6) is 0 Å². The van der Waals surface area contributed by atoms with E-state index in [1.165, 1.54) is 6.08 Å². The van der Waals surface area contributed by atoms with Crippen LogP contribution in [0.25, 0.3) is 0 Å². The minimum absolute atomic E-state index is 0.0937. The first-order valence-corrected chi connectivity index (χ1v) is 7.00. The zero-order valence-corrected chi connectivity index (χ0v) is 13.0. The molecule has 0 heterocycles. The van der Waals surface area contributed by atoms with Crippen molar-refractivity contribution in [3.63, 3.8) is 0 Å². The van der Waals surface area contributed by atoms with Crippen LogP contribution in [0.3, 0.4) is 0 Å². The summed E-state index contributed by atoms with van der Waals surface area (Å²) in [7, 11) is -0.648. The van der Waals surface area contributed by atoms with Crippen molar-refractivity contribution in [2.24, 2.45) is 5.73 Å². The van der Waals surface area contributed by atoms with Gasteiger partial charge in [-0.1, -0.05) is 13.2 Å². The van der Waals surface area contributed by atoms with Crippen molar-refractivity contribution in [1.82, 2.24) is 10.2 Å². The summed E-state index contributed by atoms with van der Waals surface area (Å²) in [6.45, 7) is 8.16. The van der Waals surface area contributed by atoms with E-state index in [4.69, 9.17) is 17.5 Å². The van der Waals surface area contributed by atoms with Gasteiger partial charge in [-0.25, -0.2) is 0 Å². The van der Waals surface area contributed by atoms with E-state index in [0.717, 1.165) is 25.6 Å². The maximum absolute atomic E-state index is 10.6. The van der Waals surface area contributed by atoms with E-state index in [0.29, 0.717) is 0 Å². The predicted octanol–water partition coefficient (Wildman–Crippen LogP) is -0.755. The highest BCUT2D eigenvalue weighted by molar-refractivity contribution is 7.79. The Morgan fingerprint density at radius 3 is 1.86 bits per heavy atom. The van der Waals surface area contributed by atoms with Gasteiger partial charge in [0.1, 0.15) is 0 Å². The average Bonchev–Trinajstić information content (AvgIpc) is 2.32. The highest BCUT2D eigenvalue weighted by atomic mass is 32.3. The largest absolute Gasteiger partial charge is 0.394 e. The van der Waals surface area contributed by atoms with Gasteiger partial charge >= 0.3 is 10.4 Å². The number of carbonyl (C=O) groups excluding carboxylic acids is 2. The average molecular weight is 325 g/mol. The molecule has 9 nitrogen and oxygen atoms in total. The van der Waals surface area contributed by atoms with Crippen molar-refractivity contribution in [2.75, 3.05) is 27.2 Å². The van der Waals surface area contributed by atoms with Crippen LogP contribution in [0.15, 0.2) is 25.3 Å². The number of carbonyl (C=O) groups is 2. The molecule has 0 aromatic carbocycles. The first-order valence-electron chi connectivity index (χ1n) is 5.60. The van der Waals surface area contributed by atoms with E-state index in [1.807, 2.05) is 14.1 Å². The molecule has 0 aromatic heterocycles. The van der Waals surface area contributed by atoms with Crippen molar-refractivity contribution < 1.29 is 27.1 Å². The lowest BCUT2D eigenvalue weighted by Crippen LogP contribution is -2.25. The molecule has 2 amide bonds. The molecule has 0 aromatic rings. The fraction of sp³-hybridized carbons (Fsp3) is 0.455. The maximum Gasteiger partial charge on any atom is 0.394 e. The van der Waals surface area contributed by atoms with Crippen molar-refractivity contribution in [2.45, 2.75) is 6.42 Å². The highest BCUT2D eigenvalue weighted by Gasteiger charge is 1.93. The maximum atomic E-state index is 10.6. The fourth-order valence-corrected chi connectivity index (χ4v) is 0.679. The molecule has 0 radical (unpaired) electrons. The van der Waals surface area contributed by atoms with E-state index in [1.54, 1.807) is 0 Å². The van der Waals surface area contributed by atoms with Gasteiger partial charge < -0.3 is 16.0 Å². The van der Waals surface area contributed by atoms with E-state index in [2.05, 4.69) is 29.1 Å². The summed E-state index contributed by atoms with van der Waals surface area (Å²) in [5.74, 6) is -0.575. The summed E-state index contributed by atoms with van der Waals surface area (Å²) in [6.07, 6.45) is 3.32. The Bertz CT molecular complexity index is 412. The van der Waals surface area contributed by atoms with Crippen LogP contribution in [0, 0.1) is 0 Å². The lowest BCUT2D eigenvalue weighted by molar-refractivity contribution is -0.116. The van der Waals surface area contributed by atoms with Crippen LogP contribution >= 0.6 is 0 Å². The summed E-state index contributed by atoms with van der Waals surface area (Å²) in [5, 5.41) is 2.70. The number of hydrogen-bond acceptors (Lipinski definition) is 5. The number of nitrogens with zero attached hydrogens (tertiary/aromatic N) is 1. The normalized spacial score (nSPS) is 9.38. The standard InChI is InChI=1S/C8H16N2O.C3H5NO.H2O4S/c1-4-8(11)9-6-5-7-10(2)3;1-2-3(4)5;1-5(2,3)4/h4H,1,5-7H2,2-3H3,(H,9,11);2H,1H2,(H2,4,5);(H2,1,2,3,4). The third kappa shape index (κ3) is 56.3. The van der Waals surface area contributed by atoms with Gasteiger partial charge in [-0.3, -0.25) is 18.7 Å². The Morgan fingerprint density at radius 1 is 1.24 bits per heavy atom. The summed E-state index contributed by atoms with van der Waals surface area (Å²) < 4.78 is 31.6. The van der Waals surface area contributed by atoms with Crippen molar-refractivity contribution in [3.05, 3.63) is 25.3 Å². The van der Waals surface area contributed by atoms with Crippen LogP contribution in [0.4, 0.5) is 0 Å². The molecule has 0 unspecified atom stereocenters. The zero-order chi connectivity index (χ0) is 17.5. The summed E-state index contributed by atoms with van der Waals surface area (Å²) in [6, 6.07) is 0. The number of nitrogens with one attached hydrogen (secondary N) is 1. The van der Waals surface area contributed by atoms with Gasteiger partial charge in [-0.2, -0.15) is 8.42 Å². The van der Waals surface area contributed by atoms with Gasteiger partial charge in [0.2, 0.25) is 11.8 Å². The molecule has 0 aliphatic carbocycles. The van der Waals surface area contributed by atoms with E-state index in [-0.39, 0.29) is 5.91 Å². The first-order chi connectivity index (χ1) is 9.43. The molecular formula is C11H23N3O6S. The molecule has 124 valence electrons. The molecule has 21 heavy (non-hydrogen) atoms. The van der Waals surface area contributed by atoms with Gasteiger partial charge in [0, 0.05) is 6.54 Å². The van der Waals surface area contributed by atoms with Crippen LogP contribution in [0.1, 0.15) is 6.42 Å². The third-order valence-electron chi connectivity index (χ3n) is 1.47. The first kappa shape index (κ1) is 24.3. The van der Waals surface area contributed by atoms with E-state index < -0.39 is 16.3 Å². The molecule has 5 N–H and O–H groups in total. The number of amides is 2. The van der Waals surface area contributed by atoms with Crippen LogP contribution in [-0.2, 0) is 20.0 Å². The molecule has 0 rings (SSSR count). The number of primary amides is 1. The second kappa shape index (κ2) is 14.7. The second-order valence-electron chi connectivity index (χ2n) is 3.71. The fourth-order valence-electron chi connectivity index (χ4n) is 0.679. The van der Waals surface area contributed by atoms with Gasteiger partial charge in [0.25, 0.3) is 0 Å². The van der Waals surface area contributed by atoms with Crippen molar-refractivity contribution in [1.29, 1.82) is 0 Å². The third-order valence-corrected chi connectivity index (χ3v) is 1.47. The minimum atomic E-state index is -4.67. The quantitative estimate of drug-likeness (QED) is 0.285. The molecule has 0 spiro atoms. The van der Waals surface area contributed by atoms with Gasteiger partial charge in [-0.15, -0.1) is 0 Å². The molecule has 0 aliphatic heterocycles. The molecule has 0 bridgehead atoms. The Labute approximate surface area is 125 Å². The molecule has 10 heteroatoms. The lowest BCUT2D eigenvalue weighted by Gasteiger charge is -2.08. The monoisotopic (exact) mass is 325 g/mol. The Morgan fingerprint density at radius 2 is 1.62 bits per heavy atom. The van der Waals surface area contributed by atoms with Gasteiger partial charge in [0.15, 0.2) is 0 Å². The van der Waals surface area contributed by atoms with E-state index >= 15 is 0 Å². The number of hydrogen-bond donors (Lipinski definition) is 4. The summed E-state index contributed by atoms with van der Waals surface area (Å²) >= 11 is 0. The molecule has 0 atom stereocenters. The van der Waals surface area contributed by atoms with Gasteiger partial charge in [0.05, 0.1) is 0 Å². The van der Waals surface area contributed by atoms with E-state index in [9.17, 15) is 9.59 Å². The second-order valence-corrected chi connectivity index (χ2v) is 4.60. The van der Waals surface area contributed by atoms with Crippen molar-refractivity contribution in [3.8, 4) is 0 Å². The lowest BCUT2D eigenvalue weighted by atomic mass is 10.4. The molecule has 0 fully saturated rings. The Kier molecular flexibility index (Phi) is 16.9. The SMILES string of the molecule is C=CC(=O)NCCCN(C)C.C=CC(N)=O.O=S(=O)(O)O. The molecule has 0 saturated heterocycles. The molecule has 0 saturated carbocycles. The predicted molar refractivity (Wildman–Crippen MR) is 79.9 cm³/mol. The van der Waals surface area contributed by atoms with Crippen molar-refractivity contribution >= 4 is 22.2 Å². The molecular weight excluding hydrogens is 302 g/mol. The Hall–Kier alpha value is -1.75. The smallest absolute Gasteiger partial charge is 0.366 e. The topological polar surface area (TPSA) is 150 Å². The zero-order valence-electron chi connectivity index (χ0n) is 12.2. The summed E-state index contributed by atoms with van der Waals surface area (Å²) in [5.41, 5.74) is 4.53. The van der Waals surface area contributed by atoms with Crippen LogP contribution in [-0.4, -0.2) is 61.4 Å². The van der Waals surface area contributed by atoms with Crippen LogP contribution < -0.4 is 11.1 Å². The summed E-state index contributed by atoms with van der Waals surface area (Å²) in [4.78, 5) is 22.2. The number of nitrogens with two attached hydrogens (primary N) is 1.